The fourth-order valence-electron chi connectivity index (χ4n) is 3.79. The summed E-state index contributed by atoms with van der Waals surface area (Å²) in [7, 11) is 4.02. The van der Waals surface area contributed by atoms with E-state index in [0.29, 0.717) is 5.92 Å². The Morgan fingerprint density at radius 2 is 2.20 bits per heavy atom. The van der Waals surface area contributed by atoms with E-state index in [2.05, 4.69) is 44.7 Å². The van der Waals surface area contributed by atoms with Crippen LogP contribution in [0.25, 0.3) is 0 Å². The first-order valence-corrected chi connectivity index (χ1v) is 10.4. The highest BCUT2D eigenvalue weighted by atomic mass is 32.1. The lowest BCUT2D eigenvalue weighted by atomic mass is 9.97. The highest BCUT2D eigenvalue weighted by molar-refractivity contribution is 7.09. The molecular formula is C19H32N4OS. The summed E-state index contributed by atoms with van der Waals surface area (Å²) >= 11 is 1.87. The van der Waals surface area contributed by atoms with Crippen LogP contribution in [0.5, 0.6) is 0 Å². The average molecular weight is 365 g/mol. The topological polar surface area (TPSA) is 40.1 Å². The monoisotopic (exact) mass is 364 g/mol. The number of ether oxygens (including phenoxy) is 1. The molecule has 0 aliphatic carbocycles. The maximum Gasteiger partial charge on any atom is 0.193 e. The van der Waals surface area contributed by atoms with E-state index in [-0.39, 0.29) is 0 Å². The highest BCUT2D eigenvalue weighted by Gasteiger charge is 2.22. The van der Waals surface area contributed by atoms with E-state index in [1.165, 1.54) is 37.2 Å². The van der Waals surface area contributed by atoms with Crippen LogP contribution in [0.2, 0.25) is 0 Å². The molecule has 140 valence electrons. The van der Waals surface area contributed by atoms with E-state index in [1.54, 1.807) is 0 Å². The molecule has 3 heterocycles. The molecule has 0 amide bonds. The molecule has 2 fully saturated rings. The Hall–Kier alpha value is -1.11. The molecule has 1 N–H and O–H groups in total. The highest BCUT2D eigenvalue weighted by Crippen LogP contribution is 2.20. The van der Waals surface area contributed by atoms with E-state index in [9.17, 15) is 0 Å². The Balaban J connectivity index is 1.36. The Morgan fingerprint density at radius 3 is 2.84 bits per heavy atom. The van der Waals surface area contributed by atoms with Gasteiger partial charge in [-0.3, -0.25) is 9.89 Å². The third-order valence-electron chi connectivity index (χ3n) is 5.34. The first-order valence-electron chi connectivity index (χ1n) is 9.49. The molecule has 2 saturated heterocycles. The number of rotatable bonds is 6. The van der Waals surface area contributed by atoms with E-state index in [0.717, 1.165) is 44.7 Å². The van der Waals surface area contributed by atoms with Gasteiger partial charge in [-0.25, -0.2) is 0 Å². The first kappa shape index (κ1) is 18.7. The van der Waals surface area contributed by atoms with Crippen LogP contribution in [0.15, 0.2) is 22.5 Å². The molecular weight excluding hydrogens is 332 g/mol. The minimum Gasteiger partial charge on any atom is -0.381 e. The SMILES string of the molecule is CN=C(NCC1CCN(Cc2cccs2)CC1)N(C)CC1CCOC1. The first-order chi connectivity index (χ1) is 12.2. The van der Waals surface area contributed by atoms with Crippen molar-refractivity contribution in [3.63, 3.8) is 0 Å². The van der Waals surface area contributed by atoms with Crippen LogP contribution in [0.1, 0.15) is 24.1 Å². The largest absolute Gasteiger partial charge is 0.381 e. The predicted octanol–water partition coefficient (Wildman–Crippen LogP) is 2.50. The smallest absolute Gasteiger partial charge is 0.193 e. The van der Waals surface area contributed by atoms with Crippen LogP contribution >= 0.6 is 11.3 Å². The van der Waals surface area contributed by atoms with E-state index in [1.807, 2.05) is 18.4 Å². The van der Waals surface area contributed by atoms with Gasteiger partial charge in [-0.1, -0.05) is 6.07 Å². The molecule has 0 saturated carbocycles. The summed E-state index contributed by atoms with van der Waals surface area (Å²) in [5, 5.41) is 5.76. The molecule has 1 atom stereocenters. The molecule has 0 aromatic carbocycles. The summed E-state index contributed by atoms with van der Waals surface area (Å²) < 4.78 is 5.48. The fraction of sp³-hybridized carbons (Fsp3) is 0.737. The number of piperidine rings is 1. The van der Waals surface area contributed by atoms with Gasteiger partial charge in [0.1, 0.15) is 0 Å². The molecule has 3 rings (SSSR count). The molecule has 0 radical (unpaired) electrons. The van der Waals surface area contributed by atoms with Crippen molar-refractivity contribution in [1.82, 2.24) is 15.1 Å². The molecule has 25 heavy (non-hydrogen) atoms. The van der Waals surface area contributed by atoms with Gasteiger partial charge in [0.2, 0.25) is 0 Å². The summed E-state index contributed by atoms with van der Waals surface area (Å²) in [5.41, 5.74) is 0. The number of hydrogen-bond acceptors (Lipinski definition) is 4. The maximum atomic E-state index is 5.48. The van der Waals surface area contributed by atoms with Crippen molar-refractivity contribution < 1.29 is 4.74 Å². The maximum absolute atomic E-state index is 5.48. The minimum absolute atomic E-state index is 0.643. The van der Waals surface area contributed by atoms with Gasteiger partial charge < -0.3 is 15.0 Å². The summed E-state index contributed by atoms with van der Waals surface area (Å²) in [6.45, 7) is 7.39. The lowest BCUT2D eigenvalue weighted by molar-refractivity contribution is 0.177. The summed E-state index contributed by atoms with van der Waals surface area (Å²) in [4.78, 5) is 10.8. The number of guanidine groups is 1. The van der Waals surface area contributed by atoms with Crippen molar-refractivity contribution in [2.24, 2.45) is 16.8 Å². The standard InChI is InChI=1S/C19H32N4OS/c1-20-19(22(2)13-17-7-10-24-15-17)21-12-16-5-8-23(9-6-16)14-18-4-3-11-25-18/h3-4,11,16-17H,5-10,12-15H2,1-2H3,(H,20,21). The van der Waals surface area contributed by atoms with Gasteiger partial charge in [0.05, 0.1) is 6.61 Å². The van der Waals surface area contributed by atoms with Gasteiger partial charge >= 0.3 is 0 Å². The number of nitrogens with one attached hydrogen (secondary N) is 1. The van der Waals surface area contributed by atoms with Crippen LogP contribution in [0.4, 0.5) is 0 Å². The number of hydrogen-bond donors (Lipinski definition) is 1. The van der Waals surface area contributed by atoms with Crippen molar-refractivity contribution in [2.75, 3.05) is 53.5 Å². The molecule has 2 aliphatic rings. The fourth-order valence-corrected chi connectivity index (χ4v) is 4.54. The summed E-state index contributed by atoms with van der Waals surface area (Å²) in [5.74, 6) is 2.41. The second-order valence-corrected chi connectivity index (χ2v) is 8.37. The second-order valence-electron chi connectivity index (χ2n) is 7.34. The molecule has 1 unspecified atom stereocenters. The molecule has 2 aliphatic heterocycles. The van der Waals surface area contributed by atoms with Gasteiger partial charge in [0, 0.05) is 51.1 Å². The van der Waals surface area contributed by atoms with Gasteiger partial charge in [0.25, 0.3) is 0 Å². The molecule has 6 heteroatoms. The lowest BCUT2D eigenvalue weighted by Crippen LogP contribution is -2.44. The van der Waals surface area contributed by atoms with E-state index in [4.69, 9.17) is 4.74 Å². The predicted molar refractivity (Wildman–Crippen MR) is 105 cm³/mol. The van der Waals surface area contributed by atoms with Gasteiger partial charge in [0.15, 0.2) is 5.96 Å². The van der Waals surface area contributed by atoms with Crippen molar-refractivity contribution in [3.8, 4) is 0 Å². The Bertz CT molecular complexity index is 520. The number of thiophene rings is 1. The van der Waals surface area contributed by atoms with Crippen LogP contribution in [-0.2, 0) is 11.3 Å². The van der Waals surface area contributed by atoms with Crippen molar-refractivity contribution in [2.45, 2.75) is 25.8 Å². The van der Waals surface area contributed by atoms with Gasteiger partial charge in [-0.05, 0) is 49.7 Å². The van der Waals surface area contributed by atoms with Crippen molar-refractivity contribution >= 4 is 17.3 Å². The molecule has 0 spiro atoms. The quantitative estimate of drug-likeness (QED) is 0.622. The van der Waals surface area contributed by atoms with Crippen molar-refractivity contribution in [3.05, 3.63) is 22.4 Å². The summed E-state index contributed by atoms with van der Waals surface area (Å²) in [6, 6.07) is 4.39. The Labute approximate surface area is 156 Å². The average Bonchev–Trinajstić information content (AvgIpc) is 3.31. The summed E-state index contributed by atoms with van der Waals surface area (Å²) in [6.07, 6.45) is 3.72. The number of nitrogens with zero attached hydrogens (tertiary/aromatic N) is 3. The van der Waals surface area contributed by atoms with Crippen LogP contribution in [-0.4, -0.2) is 69.2 Å². The molecule has 0 bridgehead atoms. The third-order valence-corrected chi connectivity index (χ3v) is 6.21. The minimum atomic E-state index is 0.643. The van der Waals surface area contributed by atoms with Crippen LogP contribution < -0.4 is 5.32 Å². The van der Waals surface area contributed by atoms with Crippen LogP contribution in [0.3, 0.4) is 0 Å². The normalized spacial score (nSPS) is 23.1. The molecule has 1 aromatic rings. The lowest BCUT2D eigenvalue weighted by Gasteiger charge is -2.33. The zero-order valence-electron chi connectivity index (χ0n) is 15.6. The number of aliphatic imine (C=N–C) groups is 1. The Morgan fingerprint density at radius 1 is 1.36 bits per heavy atom. The van der Waals surface area contributed by atoms with Gasteiger partial charge in [-0.2, -0.15) is 0 Å². The van der Waals surface area contributed by atoms with E-state index >= 15 is 0 Å². The zero-order valence-corrected chi connectivity index (χ0v) is 16.4. The van der Waals surface area contributed by atoms with Crippen molar-refractivity contribution in [1.29, 1.82) is 0 Å². The van der Waals surface area contributed by atoms with E-state index < -0.39 is 0 Å². The molecule has 5 nitrogen and oxygen atoms in total. The third kappa shape index (κ3) is 5.69. The Kier molecular flexibility index (Phi) is 7.13. The number of likely N-dealkylation sites (tertiary alicyclic amines) is 1. The second kappa shape index (κ2) is 9.55. The van der Waals surface area contributed by atoms with Gasteiger partial charge in [-0.15, -0.1) is 11.3 Å². The van der Waals surface area contributed by atoms with Crippen LogP contribution in [0, 0.1) is 11.8 Å². The molecule has 1 aromatic heterocycles. The zero-order chi connectivity index (χ0) is 17.5.